The molecule has 0 radical (unpaired) electrons. The van der Waals surface area contributed by atoms with Crippen LogP contribution in [0.5, 0.6) is 5.75 Å². The Kier molecular flexibility index (Phi) is 5.14. The lowest BCUT2D eigenvalue weighted by Gasteiger charge is -2.34. The van der Waals surface area contributed by atoms with Crippen molar-refractivity contribution in [1.29, 1.82) is 0 Å². The lowest BCUT2D eigenvalue weighted by Crippen LogP contribution is -2.52. The molecule has 0 bridgehead atoms. The first-order valence-corrected chi connectivity index (χ1v) is 7.31. The molecule has 0 spiro atoms. The molecule has 0 aliphatic carbocycles. The summed E-state index contributed by atoms with van der Waals surface area (Å²) >= 11 is 4.96. The molecule has 1 aliphatic rings. The summed E-state index contributed by atoms with van der Waals surface area (Å²) in [6.07, 6.45) is 1.85. The molecule has 6 heteroatoms. The van der Waals surface area contributed by atoms with Crippen LogP contribution in [-0.4, -0.2) is 36.3 Å². The second-order valence-corrected chi connectivity index (χ2v) is 5.85. The second-order valence-electron chi connectivity index (χ2n) is 5.41. The first-order chi connectivity index (χ1) is 10.0. The number of hydrogen-bond donors (Lipinski definition) is 2. The van der Waals surface area contributed by atoms with Crippen LogP contribution in [0.3, 0.4) is 0 Å². The third-order valence-electron chi connectivity index (χ3n) is 3.39. The van der Waals surface area contributed by atoms with E-state index in [0.29, 0.717) is 17.9 Å². The van der Waals surface area contributed by atoms with Crippen molar-refractivity contribution in [2.75, 3.05) is 19.8 Å². The SMILES string of the molecule is CC1(NC(=O)COc2ccccc2C(N)=S)CCCOC1. The highest BCUT2D eigenvalue weighted by Gasteiger charge is 2.29. The van der Waals surface area contributed by atoms with Gasteiger partial charge < -0.3 is 20.5 Å². The number of para-hydroxylation sites is 1. The quantitative estimate of drug-likeness (QED) is 0.804. The van der Waals surface area contributed by atoms with Crippen molar-refractivity contribution < 1.29 is 14.3 Å². The Labute approximate surface area is 129 Å². The van der Waals surface area contributed by atoms with Crippen LogP contribution >= 0.6 is 12.2 Å². The van der Waals surface area contributed by atoms with E-state index in [4.69, 9.17) is 27.4 Å². The number of amides is 1. The molecule has 5 nitrogen and oxygen atoms in total. The maximum atomic E-state index is 12.0. The molecule has 1 aromatic rings. The Hall–Kier alpha value is -1.66. The molecule has 1 atom stereocenters. The number of benzene rings is 1. The molecule has 1 heterocycles. The Morgan fingerprint density at radius 3 is 2.95 bits per heavy atom. The molecule has 3 N–H and O–H groups in total. The molecule has 1 unspecified atom stereocenters. The number of ether oxygens (including phenoxy) is 2. The Morgan fingerprint density at radius 2 is 2.29 bits per heavy atom. The number of nitrogens with one attached hydrogen (secondary N) is 1. The minimum Gasteiger partial charge on any atom is -0.483 e. The average Bonchev–Trinajstić information content (AvgIpc) is 2.45. The molecule has 1 aromatic carbocycles. The normalized spacial score (nSPS) is 21.6. The van der Waals surface area contributed by atoms with Gasteiger partial charge >= 0.3 is 0 Å². The molecule has 1 fully saturated rings. The first-order valence-electron chi connectivity index (χ1n) is 6.91. The predicted octanol–water partition coefficient (Wildman–Crippen LogP) is 1.38. The van der Waals surface area contributed by atoms with Crippen molar-refractivity contribution in [2.24, 2.45) is 5.73 Å². The van der Waals surface area contributed by atoms with Crippen LogP contribution in [0.15, 0.2) is 24.3 Å². The van der Waals surface area contributed by atoms with Gasteiger partial charge in [-0.2, -0.15) is 0 Å². The fourth-order valence-corrected chi connectivity index (χ4v) is 2.51. The van der Waals surface area contributed by atoms with Gasteiger partial charge in [0.05, 0.1) is 17.7 Å². The zero-order valence-electron chi connectivity index (χ0n) is 12.1. The number of hydrogen-bond acceptors (Lipinski definition) is 4. The summed E-state index contributed by atoms with van der Waals surface area (Å²) in [6.45, 7) is 3.19. The van der Waals surface area contributed by atoms with Crippen LogP contribution < -0.4 is 15.8 Å². The van der Waals surface area contributed by atoms with Gasteiger partial charge in [-0.3, -0.25) is 4.79 Å². The van der Waals surface area contributed by atoms with Gasteiger partial charge in [0.15, 0.2) is 6.61 Å². The van der Waals surface area contributed by atoms with Crippen molar-refractivity contribution in [2.45, 2.75) is 25.3 Å². The van der Waals surface area contributed by atoms with Gasteiger partial charge in [-0.15, -0.1) is 0 Å². The topological polar surface area (TPSA) is 73.6 Å². The third-order valence-corrected chi connectivity index (χ3v) is 3.61. The Balaban J connectivity index is 1.91. The van der Waals surface area contributed by atoms with Gasteiger partial charge in [-0.1, -0.05) is 24.4 Å². The van der Waals surface area contributed by atoms with E-state index in [2.05, 4.69) is 5.32 Å². The van der Waals surface area contributed by atoms with Crippen molar-refractivity contribution in [3.63, 3.8) is 0 Å². The van der Waals surface area contributed by atoms with Crippen molar-refractivity contribution in [3.05, 3.63) is 29.8 Å². The lowest BCUT2D eigenvalue weighted by atomic mass is 9.95. The van der Waals surface area contributed by atoms with Crippen LogP contribution in [0.2, 0.25) is 0 Å². The fraction of sp³-hybridized carbons (Fsp3) is 0.467. The fourth-order valence-electron chi connectivity index (χ4n) is 2.34. The molecule has 0 saturated carbocycles. The average molecular weight is 308 g/mol. The van der Waals surface area contributed by atoms with Gasteiger partial charge in [-0.05, 0) is 31.9 Å². The predicted molar refractivity (Wildman–Crippen MR) is 84.4 cm³/mol. The number of thiocarbonyl (C=S) groups is 1. The molecule has 1 aliphatic heterocycles. The summed E-state index contributed by atoms with van der Waals surface area (Å²) in [6, 6.07) is 7.15. The van der Waals surface area contributed by atoms with Crippen LogP contribution in [-0.2, 0) is 9.53 Å². The minimum atomic E-state index is -0.318. The van der Waals surface area contributed by atoms with Crippen molar-refractivity contribution >= 4 is 23.1 Å². The minimum absolute atomic E-state index is 0.0742. The highest BCUT2D eigenvalue weighted by Crippen LogP contribution is 2.19. The summed E-state index contributed by atoms with van der Waals surface area (Å²) in [5, 5.41) is 2.96. The summed E-state index contributed by atoms with van der Waals surface area (Å²) in [5.41, 5.74) is 5.94. The van der Waals surface area contributed by atoms with Crippen LogP contribution in [0.25, 0.3) is 0 Å². The highest BCUT2D eigenvalue weighted by molar-refractivity contribution is 7.80. The number of nitrogens with two attached hydrogens (primary N) is 1. The van der Waals surface area contributed by atoms with E-state index in [1.54, 1.807) is 12.1 Å². The molecule has 1 amide bonds. The van der Waals surface area contributed by atoms with Crippen LogP contribution in [0.1, 0.15) is 25.3 Å². The van der Waals surface area contributed by atoms with Gasteiger partial charge in [-0.25, -0.2) is 0 Å². The van der Waals surface area contributed by atoms with E-state index in [-0.39, 0.29) is 23.0 Å². The van der Waals surface area contributed by atoms with E-state index < -0.39 is 0 Å². The largest absolute Gasteiger partial charge is 0.483 e. The van der Waals surface area contributed by atoms with Gasteiger partial charge in [0.25, 0.3) is 5.91 Å². The summed E-state index contributed by atoms with van der Waals surface area (Å²) in [7, 11) is 0. The second kappa shape index (κ2) is 6.87. The summed E-state index contributed by atoms with van der Waals surface area (Å²) in [4.78, 5) is 12.3. The third kappa shape index (κ3) is 4.41. The van der Waals surface area contributed by atoms with Gasteiger partial charge in [0.1, 0.15) is 10.7 Å². The molecule has 0 aromatic heterocycles. The van der Waals surface area contributed by atoms with Gasteiger partial charge in [0, 0.05) is 6.61 Å². The van der Waals surface area contributed by atoms with Crippen molar-refractivity contribution in [1.82, 2.24) is 5.32 Å². The number of carbonyl (C=O) groups is 1. The van der Waals surface area contributed by atoms with Crippen LogP contribution in [0, 0.1) is 0 Å². The Morgan fingerprint density at radius 1 is 1.52 bits per heavy atom. The molecule has 2 rings (SSSR count). The van der Waals surface area contributed by atoms with E-state index in [1.165, 1.54) is 0 Å². The van der Waals surface area contributed by atoms with Crippen molar-refractivity contribution in [3.8, 4) is 5.75 Å². The molecular formula is C15H20N2O3S. The van der Waals surface area contributed by atoms with E-state index >= 15 is 0 Å². The Bertz CT molecular complexity index is 527. The maximum Gasteiger partial charge on any atom is 0.258 e. The standard InChI is InChI=1S/C15H20N2O3S/c1-15(7-4-8-19-10-15)17-13(18)9-20-12-6-3-2-5-11(12)14(16)21/h2-3,5-6H,4,7-10H2,1H3,(H2,16,21)(H,17,18). The number of carbonyl (C=O) groups excluding carboxylic acids is 1. The highest BCUT2D eigenvalue weighted by atomic mass is 32.1. The summed E-state index contributed by atoms with van der Waals surface area (Å²) in [5.74, 6) is 0.339. The van der Waals surface area contributed by atoms with Crippen LogP contribution in [0.4, 0.5) is 0 Å². The lowest BCUT2D eigenvalue weighted by molar-refractivity contribution is -0.126. The zero-order valence-corrected chi connectivity index (χ0v) is 12.9. The van der Waals surface area contributed by atoms with E-state index in [0.717, 1.165) is 19.4 Å². The molecule has 1 saturated heterocycles. The monoisotopic (exact) mass is 308 g/mol. The molecule has 114 valence electrons. The smallest absolute Gasteiger partial charge is 0.258 e. The number of rotatable bonds is 5. The molecular weight excluding hydrogens is 288 g/mol. The first kappa shape index (κ1) is 15.7. The molecule has 21 heavy (non-hydrogen) atoms. The zero-order chi connectivity index (χ0) is 15.3. The van der Waals surface area contributed by atoms with Gasteiger partial charge in [0.2, 0.25) is 0 Å². The maximum absolute atomic E-state index is 12.0. The van der Waals surface area contributed by atoms with E-state index in [1.807, 2.05) is 19.1 Å². The van der Waals surface area contributed by atoms with E-state index in [9.17, 15) is 4.79 Å². The summed E-state index contributed by atoms with van der Waals surface area (Å²) < 4.78 is 10.9.